The molecule has 0 bridgehead atoms. The molecular weight excluding hydrogens is 238 g/mol. The molecule has 3 heteroatoms. The van der Waals surface area contributed by atoms with Gasteiger partial charge in [-0.3, -0.25) is 0 Å². The maximum Gasteiger partial charge on any atom is 0.0616 e. The van der Waals surface area contributed by atoms with Gasteiger partial charge in [0.2, 0.25) is 0 Å². The van der Waals surface area contributed by atoms with Gasteiger partial charge in [-0.15, -0.1) is 0 Å². The van der Waals surface area contributed by atoms with Gasteiger partial charge in [-0.1, -0.05) is 13.8 Å². The Balaban J connectivity index is 1.82. The lowest BCUT2D eigenvalue weighted by Crippen LogP contribution is -2.40. The first kappa shape index (κ1) is 15.3. The van der Waals surface area contributed by atoms with Gasteiger partial charge in [-0.2, -0.15) is 0 Å². The van der Waals surface area contributed by atoms with Gasteiger partial charge < -0.3 is 14.8 Å². The van der Waals surface area contributed by atoms with Crippen molar-refractivity contribution in [1.29, 1.82) is 0 Å². The van der Waals surface area contributed by atoms with Crippen LogP contribution in [-0.4, -0.2) is 38.0 Å². The van der Waals surface area contributed by atoms with Crippen molar-refractivity contribution in [3.63, 3.8) is 0 Å². The molecule has 0 spiro atoms. The summed E-state index contributed by atoms with van der Waals surface area (Å²) < 4.78 is 11.6. The van der Waals surface area contributed by atoms with E-state index in [0.29, 0.717) is 24.2 Å². The average Bonchev–Trinajstić information content (AvgIpc) is 3.09. The summed E-state index contributed by atoms with van der Waals surface area (Å²) in [5.74, 6) is 0.706. The standard InChI is InChI=1S/C16H31NO2/c1-3-10-17-15(8-7-13-6-5-11-18-13)14-9-12-19-16(14)4-2/h13-17H,3-12H2,1-2H3. The van der Waals surface area contributed by atoms with Crippen LogP contribution in [0.25, 0.3) is 0 Å². The molecule has 2 rings (SSSR count). The Morgan fingerprint density at radius 3 is 2.74 bits per heavy atom. The number of hydrogen-bond acceptors (Lipinski definition) is 3. The highest BCUT2D eigenvalue weighted by molar-refractivity contribution is 4.86. The normalized spacial score (nSPS) is 32.8. The fourth-order valence-corrected chi connectivity index (χ4v) is 3.58. The molecule has 1 N–H and O–H groups in total. The number of ether oxygens (including phenoxy) is 2. The van der Waals surface area contributed by atoms with E-state index < -0.39 is 0 Å². The van der Waals surface area contributed by atoms with E-state index in [0.717, 1.165) is 26.2 Å². The van der Waals surface area contributed by atoms with Gasteiger partial charge in [-0.25, -0.2) is 0 Å². The maximum absolute atomic E-state index is 5.88. The van der Waals surface area contributed by atoms with Gasteiger partial charge in [0.1, 0.15) is 0 Å². The maximum atomic E-state index is 5.88. The van der Waals surface area contributed by atoms with Crippen LogP contribution in [0.15, 0.2) is 0 Å². The summed E-state index contributed by atoms with van der Waals surface area (Å²) in [6.07, 6.45) is 9.55. The summed E-state index contributed by atoms with van der Waals surface area (Å²) in [6.45, 7) is 7.55. The van der Waals surface area contributed by atoms with Crippen molar-refractivity contribution < 1.29 is 9.47 Å². The van der Waals surface area contributed by atoms with Crippen LogP contribution in [0, 0.1) is 5.92 Å². The van der Waals surface area contributed by atoms with E-state index in [2.05, 4.69) is 19.2 Å². The third-order valence-electron chi connectivity index (χ3n) is 4.66. The van der Waals surface area contributed by atoms with Crippen molar-refractivity contribution in [2.24, 2.45) is 5.92 Å². The molecule has 0 radical (unpaired) electrons. The number of hydrogen-bond donors (Lipinski definition) is 1. The van der Waals surface area contributed by atoms with Gasteiger partial charge in [0, 0.05) is 25.2 Å². The van der Waals surface area contributed by atoms with Crippen LogP contribution in [-0.2, 0) is 9.47 Å². The van der Waals surface area contributed by atoms with Crippen molar-refractivity contribution in [2.45, 2.75) is 77.0 Å². The van der Waals surface area contributed by atoms with Crippen LogP contribution in [0.1, 0.15) is 58.8 Å². The topological polar surface area (TPSA) is 30.5 Å². The second kappa shape index (κ2) is 8.23. The molecule has 2 heterocycles. The molecule has 0 aromatic rings. The second-order valence-corrected chi connectivity index (χ2v) is 6.04. The van der Waals surface area contributed by atoms with Crippen LogP contribution >= 0.6 is 0 Å². The number of nitrogens with one attached hydrogen (secondary N) is 1. The zero-order valence-corrected chi connectivity index (χ0v) is 12.7. The van der Waals surface area contributed by atoms with Crippen LogP contribution in [0.2, 0.25) is 0 Å². The van der Waals surface area contributed by atoms with Gasteiger partial charge in [0.05, 0.1) is 12.2 Å². The van der Waals surface area contributed by atoms with Crippen LogP contribution < -0.4 is 5.32 Å². The molecule has 0 aromatic heterocycles. The van der Waals surface area contributed by atoms with Gasteiger partial charge in [0.25, 0.3) is 0 Å². The molecule has 0 saturated carbocycles. The highest BCUT2D eigenvalue weighted by atomic mass is 16.5. The fourth-order valence-electron chi connectivity index (χ4n) is 3.58. The Morgan fingerprint density at radius 1 is 1.16 bits per heavy atom. The Kier molecular flexibility index (Phi) is 6.62. The lowest BCUT2D eigenvalue weighted by atomic mass is 9.87. The monoisotopic (exact) mass is 269 g/mol. The molecule has 112 valence electrons. The van der Waals surface area contributed by atoms with Crippen molar-refractivity contribution in [2.75, 3.05) is 19.8 Å². The zero-order valence-electron chi connectivity index (χ0n) is 12.7. The Bertz CT molecular complexity index is 241. The van der Waals surface area contributed by atoms with Crippen LogP contribution in [0.4, 0.5) is 0 Å². The van der Waals surface area contributed by atoms with E-state index in [1.165, 1.54) is 38.5 Å². The fraction of sp³-hybridized carbons (Fsp3) is 1.00. The SMILES string of the molecule is CCCNC(CCC1CCCO1)C1CCOC1CC. The lowest BCUT2D eigenvalue weighted by molar-refractivity contribution is 0.0687. The van der Waals surface area contributed by atoms with Crippen LogP contribution in [0.5, 0.6) is 0 Å². The first-order chi connectivity index (χ1) is 9.35. The quantitative estimate of drug-likeness (QED) is 0.734. The minimum atomic E-state index is 0.471. The minimum absolute atomic E-state index is 0.471. The molecule has 2 aliphatic rings. The molecule has 0 aromatic carbocycles. The molecule has 0 aliphatic carbocycles. The highest BCUT2D eigenvalue weighted by Gasteiger charge is 2.33. The molecular formula is C16H31NO2. The van der Waals surface area contributed by atoms with E-state index in [9.17, 15) is 0 Å². The van der Waals surface area contributed by atoms with Crippen LogP contribution in [0.3, 0.4) is 0 Å². The first-order valence-electron chi connectivity index (χ1n) is 8.31. The Morgan fingerprint density at radius 2 is 2.05 bits per heavy atom. The third kappa shape index (κ3) is 4.44. The Labute approximate surface area is 118 Å². The van der Waals surface area contributed by atoms with Crippen molar-refractivity contribution in [1.82, 2.24) is 5.32 Å². The summed E-state index contributed by atoms with van der Waals surface area (Å²) in [7, 11) is 0. The van der Waals surface area contributed by atoms with E-state index in [1.54, 1.807) is 0 Å². The smallest absolute Gasteiger partial charge is 0.0616 e. The zero-order chi connectivity index (χ0) is 13.5. The molecule has 4 unspecified atom stereocenters. The van der Waals surface area contributed by atoms with E-state index in [1.807, 2.05) is 0 Å². The van der Waals surface area contributed by atoms with Gasteiger partial charge >= 0.3 is 0 Å². The molecule has 2 aliphatic heterocycles. The van der Waals surface area contributed by atoms with Gasteiger partial charge in [-0.05, 0) is 51.5 Å². The van der Waals surface area contributed by atoms with Crippen molar-refractivity contribution in [3.8, 4) is 0 Å². The summed E-state index contributed by atoms with van der Waals surface area (Å²) in [6, 6.07) is 0.622. The molecule has 0 amide bonds. The van der Waals surface area contributed by atoms with Crippen molar-refractivity contribution in [3.05, 3.63) is 0 Å². The molecule has 2 saturated heterocycles. The predicted molar refractivity (Wildman–Crippen MR) is 78.4 cm³/mol. The lowest BCUT2D eigenvalue weighted by Gasteiger charge is -2.29. The Hall–Kier alpha value is -0.120. The second-order valence-electron chi connectivity index (χ2n) is 6.04. The minimum Gasteiger partial charge on any atom is -0.378 e. The summed E-state index contributed by atoms with van der Waals surface area (Å²) >= 11 is 0. The summed E-state index contributed by atoms with van der Waals surface area (Å²) in [5, 5.41) is 3.76. The summed E-state index contributed by atoms with van der Waals surface area (Å²) in [5.41, 5.74) is 0. The highest BCUT2D eigenvalue weighted by Crippen LogP contribution is 2.30. The largest absolute Gasteiger partial charge is 0.378 e. The predicted octanol–water partition coefficient (Wildman–Crippen LogP) is 3.13. The molecule has 4 atom stereocenters. The molecule has 3 nitrogen and oxygen atoms in total. The van der Waals surface area contributed by atoms with E-state index in [-0.39, 0.29) is 0 Å². The van der Waals surface area contributed by atoms with Crippen molar-refractivity contribution >= 4 is 0 Å². The first-order valence-corrected chi connectivity index (χ1v) is 8.31. The molecule has 2 fully saturated rings. The average molecular weight is 269 g/mol. The van der Waals surface area contributed by atoms with Gasteiger partial charge in [0.15, 0.2) is 0 Å². The number of rotatable bonds is 8. The van der Waals surface area contributed by atoms with E-state index >= 15 is 0 Å². The van der Waals surface area contributed by atoms with E-state index in [4.69, 9.17) is 9.47 Å². The summed E-state index contributed by atoms with van der Waals surface area (Å²) in [4.78, 5) is 0. The molecule has 19 heavy (non-hydrogen) atoms. The third-order valence-corrected chi connectivity index (χ3v) is 4.66.